The normalized spacial score (nSPS) is 30.7. The molecule has 1 aromatic heterocycles. The number of Topliss-reactive ketones (excluding diaryl/α,β-unsaturated/α-hetero) is 1. The molecule has 2 aliphatic heterocycles. The molecule has 44 heavy (non-hydrogen) atoms. The van der Waals surface area contributed by atoms with Crippen LogP contribution in [0.3, 0.4) is 0 Å². The molecule has 1 saturated carbocycles. The summed E-state index contributed by atoms with van der Waals surface area (Å²) in [5.41, 5.74) is 1.64. The zero-order chi connectivity index (χ0) is 31.6. The first-order valence-corrected chi connectivity index (χ1v) is 16.3. The van der Waals surface area contributed by atoms with Gasteiger partial charge in [0.25, 0.3) is 0 Å². The van der Waals surface area contributed by atoms with Crippen LogP contribution < -0.4 is 9.47 Å². The van der Waals surface area contributed by atoms with Crippen molar-refractivity contribution in [2.45, 2.75) is 110 Å². The molecule has 2 bridgehead atoms. The molecule has 0 unspecified atom stereocenters. The number of hydrogen-bond acceptors (Lipinski definition) is 8. The van der Waals surface area contributed by atoms with Crippen molar-refractivity contribution >= 4 is 29.0 Å². The van der Waals surface area contributed by atoms with Crippen LogP contribution in [0.4, 0.5) is 0 Å². The van der Waals surface area contributed by atoms with Crippen LogP contribution in [-0.2, 0) is 25.5 Å². The molecule has 240 valence electrons. The molecular formula is C35H49N3O6. The third-order valence-electron chi connectivity index (χ3n) is 10.4. The Hall–Kier alpha value is -3.07. The molecule has 2 aromatic rings. The van der Waals surface area contributed by atoms with Gasteiger partial charge in [0.05, 0.1) is 24.7 Å². The van der Waals surface area contributed by atoms with Crippen LogP contribution in [-0.4, -0.2) is 71.9 Å². The van der Waals surface area contributed by atoms with Gasteiger partial charge >= 0.3 is 0 Å². The largest absolute Gasteiger partial charge is 0.497 e. The highest BCUT2D eigenvalue weighted by Crippen LogP contribution is 2.49. The Morgan fingerprint density at radius 2 is 1.82 bits per heavy atom. The summed E-state index contributed by atoms with van der Waals surface area (Å²) >= 11 is 0. The molecule has 3 heterocycles. The topological polar surface area (TPSA) is 108 Å². The lowest BCUT2D eigenvalue weighted by Gasteiger charge is -2.36. The first kappa shape index (κ1) is 32.3. The van der Waals surface area contributed by atoms with Gasteiger partial charge in [-0.1, -0.05) is 47.0 Å². The standard InChI is InChI=1S/C35H49N3O6/c1-34(2,3)25-17-23(40)19-35(4)16-10-12-22(35)11-8-7-9-13-27-32(37-28-18-24(42-5)14-15-26(28)36-27)44-30-20-38(33(25)41)29(21-39)31(30)43-6/h14-15,18,21-22,25,29-31H,7-13,16-17,19-20H2,1-6H3/t22-,25-,29-,30+,31+,35+/m1/s1. The van der Waals surface area contributed by atoms with E-state index in [0.717, 1.165) is 62.4 Å². The Balaban J connectivity index is 1.54. The number of ketones is 1. The fourth-order valence-electron chi connectivity index (χ4n) is 7.79. The summed E-state index contributed by atoms with van der Waals surface area (Å²) in [4.78, 5) is 51.9. The van der Waals surface area contributed by atoms with E-state index in [4.69, 9.17) is 24.2 Å². The molecule has 2 fully saturated rings. The number of benzene rings is 1. The molecule has 3 aliphatic rings. The van der Waals surface area contributed by atoms with Crippen molar-refractivity contribution in [3.8, 4) is 11.6 Å². The number of amides is 1. The summed E-state index contributed by atoms with van der Waals surface area (Å²) in [5, 5.41) is 0. The van der Waals surface area contributed by atoms with Crippen molar-refractivity contribution in [3.05, 3.63) is 23.9 Å². The Morgan fingerprint density at radius 3 is 2.52 bits per heavy atom. The third kappa shape index (κ3) is 6.63. The van der Waals surface area contributed by atoms with Gasteiger partial charge in [0.15, 0.2) is 0 Å². The van der Waals surface area contributed by atoms with Crippen LogP contribution >= 0.6 is 0 Å². The van der Waals surface area contributed by atoms with Crippen molar-refractivity contribution in [3.63, 3.8) is 0 Å². The monoisotopic (exact) mass is 607 g/mol. The predicted octanol–water partition coefficient (Wildman–Crippen LogP) is 5.75. The number of fused-ring (bicyclic) bond motifs is 5. The van der Waals surface area contributed by atoms with Crippen LogP contribution in [0.25, 0.3) is 11.0 Å². The molecule has 5 rings (SSSR count). The maximum atomic E-state index is 14.3. The van der Waals surface area contributed by atoms with Gasteiger partial charge in [0.1, 0.15) is 41.8 Å². The maximum Gasteiger partial charge on any atom is 0.236 e. The van der Waals surface area contributed by atoms with E-state index in [-0.39, 0.29) is 30.1 Å². The van der Waals surface area contributed by atoms with E-state index in [1.807, 2.05) is 39.0 Å². The number of aldehydes is 1. The van der Waals surface area contributed by atoms with Crippen molar-refractivity contribution < 1.29 is 28.6 Å². The minimum Gasteiger partial charge on any atom is -0.497 e. The molecule has 0 N–H and O–H groups in total. The van der Waals surface area contributed by atoms with Gasteiger partial charge in [-0.2, -0.15) is 0 Å². The van der Waals surface area contributed by atoms with E-state index < -0.39 is 29.6 Å². The second kappa shape index (κ2) is 13.1. The molecule has 1 aliphatic carbocycles. The minimum absolute atomic E-state index is 0.0366. The summed E-state index contributed by atoms with van der Waals surface area (Å²) in [6.07, 6.45) is 8.32. The van der Waals surface area contributed by atoms with Crippen LogP contribution in [0.1, 0.15) is 91.2 Å². The molecule has 9 nitrogen and oxygen atoms in total. The Bertz CT molecular complexity index is 1370. The first-order valence-electron chi connectivity index (χ1n) is 16.3. The molecular weight excluding hydrogens is 558 g/mol. The number of hydrogen-bond donors (Lipinski definition) is 0. The van der Waals surface area contributed by atoms with Crippen molar-refractivity contribution in [2.24, 2.45) is 22.7 Å². The zero-order valence-electron chi connectivity index (χ0n) is 27.3. The number of aryl methyl sites for hydroxylation is 1. The van der Waals surface area contributed by atoms with Gasteiger partial charge < -0.3 is 23.9 Å². The number of ether oxygens (including phenoxy) is 3. The second-order valence-electron chi connectivity index (χ2n) is 14.5. The lowest BCUT2D eigenvalue weighted by Crippen LogP contribution is -2.47. The Labute approximate surface area is 261 Å². The molecule has 6 atom stereocenters. The minimum atomic E-state index is -0.840. The van der Waals surface area contributed by atoms with Gasteiger partial charge in [0.2, 0.25) is 11.8 Å². The Kier molecular flexibility index (Phi) is 9.64. The fourth-order valence-corrected chi connectivity index (χ4v) is 7.79. The summed E-state index contributed by atoms with van der Waals surface area (Å²) in [6, 6.07) is 4.76. The van der Waals surface area contributed by atoms with E-state index in [2.05, 4.69) is 6.92 Å². The summed E-state index contributed by atoms with van der Waals surface area (Å²) in [6.45, 7) is 8.41. The first-order chi connectivity index (χ1) is 21.0. The van der Waals surface area contributed by atoms with E-state index >= 15 is 0 Å². The number of aromatic nitrogens is 2. The summed E-state index contributed by atoms with van der Waals surface area (Å²) in [7, 11) is 3.14. The predicted molar refractivity (Wildman–Crippen MR) is 168 cm³/mol. The van der Waals surface area contributed by atoms with Gasteiger partial charge in [-0.15, -0.1) is 0 Å². The SMILES string of the molecule is COc1ccc2nc3c(nc2c1)O[C@H]1CN(C(=O)[C@H](C(C)(C)C)CC(=O)C[C@]2(C)CCC[C@H]2CCCCC3)[C@H](C=O)[C@@H]1OC. The quantitative estimate of drug-likeness (QED) is 0.406. The average Bonchev–Trinajstić information content (AvgIpc) is 3.52. The van der Waals surface area contributed by atoms with Crippen LogP contribution in [0.5, 0.6) is 11.6 Å². The number of rotatable bonds is 3. The lowest BCUT2D eigenvalue weighted by molar-refractivity contribution is -0.145. The average molecular weight is 608 g/mol. The van der Waals surface area contributed by atoms with Crippen LogP contribution in [0.2, 0.25) is 0 Å². The van der Waals surface area contributed by atoms with Crippen molar-refractivity contribution in [2.75, 3.05) is 20.8 Å². The second-order valence-corrected chi connectivity index (χ2v) is 14.5. The van der Waals surface area contributed by atoms with Crippen LogP contribution in [0, 0.1) is 22.7 Å². The number of methoxy groups -OCH3 is 2. The fraction of sp³-hybridized carbons (Fsp3) is 0.686. The highest BCUT2D eigenvalue weighted by molar-refractivity contribution is 5.89. The molecule has 9 heteroatoms. The zero-order valence-corrected chi connectivity index (χ0v) is 27.3. The number of carbonyl (C=O) groups excluding carboxylic acids is 3. The highest BCUT2D eigenvalue weighted by atomic mass is 16.5. The van der Waals surface area contributed by atoms with Gasteiger partial charge in [0, 0.05) is 31.9 Å². The number of nitrogens with zero attached hydrogens (tertiary/aromatic N) is 3. The summed E-state index contributed by atoms with van der Waals surface area (Å²) < 4.78 is 17.8. The van der Waals surface area contributed by atoms with E-state index in [1.54, 1.807) is 12.0 Å². The third-order valence-corrected chi connectivity index (χ3v) is 10.4. The lowest BCUT2D eigenvalue weighted by atomic mass is 9.71. The van der Waals surface area contributed by atoms with Gasteiger partial charge in [-0.3, -0.25) is 9.59 Å². The van der Waals surface area contributed by atoms with Gasteiger partial charge in [-0.25, -0.2) is 9.97 Å². The Morgan fingerprint density at radius 1 is 1.05 bits per heavy atom. The summed E-state index contributed by atoms with van der Waals surface area (Å²) in [5.74, 6) is 0.924. The van der Waals surface area contributed by atoms with Crippen molar-refractivity contribution in [1.29, 1.82) is 0 Å². The smallest absolute Gasteiger partial charge is 0.236 e. The molecule has 1 saturated heterocycles. The van der Waals surface area contributed by atoms with Gasteiger partial charge in [-0.05, 0) is 61.0 Å². The van der Waals surface area contributed by atoms with E-state index in [9.17, 15) is 14.4 Å². The van der Waals surface area contributed by atoms with E-state index in [1.165, 1.54) is 7.11 Å². The molecule has 1 amide bonds. The van der Waals surface area contributed by atoms with Crippen LogP contribution in [0.15, 0.2) is 18.2 Å². The number of carbonyl (C=O) groups is 3. The maximum absolute atomic E-state index is 14.3. The molecule has 0 radical (unpaired) electrons. The van der Waals surface area contributed by atoms with Crippen molar-refractivity contribution in [1.82, 2.24) is 14.9 Å². The van der Waals surface area contributed by atoms with E-state index in [0.29, 0.717) is 35.9 Å². The highest BCUT2D eigenvalue weighted by Gasteiger charge is 2.50. The molecule has 0 spiro atoms. The molecule has 1 aromatic carbocycles.